The Labute approximate surface area is 96.7 Å². The summed E-state index contributed by atoms with van der Waals surface area (Å²) in [4.78, 5) is 6.70. The number of pyridine rings is 1. The molecule has 1 aliphatic rings. The van der Waals surface area contributed by atoms with Gasteiger partial charge in [0, 0.05) is 25.8 Å². The second kappa shape index (κ2) is 5.23. The van der Waals surface area contributed by atoms with E-state index in [1.54, 1.807) is 0 Å². The van der Waals surface area contributed by atoms with E-state index in [2.05, 4.69) is 29.5 Å². The normalized spacial score (nSPS) is 17.3. The van der Waals surface area contributed by atoms with Gasteiger partial charge in [-0.05, 0) is 30.2 Å². The maximum atomic E-state index is 5.32. The smallest absolute Gasteiger partial charge is 0.0671 e. The molecule has 0 radical (unpaired) electrons. The van der Waals surface area contributed by atoms with Crippen molar-refractivity contribution in [1.82, 2.24) is 9.88 Å². The number of ether oxygens (including phenoxy) is 1. The van der Waals surface area contributed by atoms with Crippen molar-refractivity contribution in [2.24, 2.45) is 0 Å². The van der Waals surface area contributed by atoms with Crippen LogP contribution in [0.3, 0.4) is 0 Å². The molecule has 1 saturated heterocycles. The van der Waals surface area contributed by atoms with Crippen LogP contribution in [0.15, 0.2) is 24.9 Å². The van der Waals surface area contributed by atoms with Crippen molar-refractivity contribution in [2.45, 2.75) is 6.92 Å². The van der Waals surface area contributed by atoms with Crippen molar-refractivity contribution in [3.63, 3.8) is 0 Å². The summed E-state index contributed by atoms with van der Waals surface area (Å²) in [6.07, 6.45) is 1.84. The standard InChI is InChI=1S/C13H18N2O/c1-11-3-4-14-13(9-11)12(2)10-15-5-7-16-8-6-15/h3-4,9H,2,5-8,10H2,1H3. The highest BCUT2D eigenvalue weighted by Gasteiger charge is 2.12. The molecule has 1 aromatic heterocycles. The van der Waals surface area contributed by atoms with Gasteiger partial charge in [0.1, 0.15) is 0 Å². The van der Waals surface area contributed by atoms with Crippen molar-refractivity contribution >= 4 is 5.57 Å². The van der Waals surface area contributed by atoms with Gasteiger partial charge in [-0.3, -0.25) is 9.88 Å². The van der Waals surface area contributed by atoms with E-state index < -0.39 is 0 Å². The molecule has 0 aromatic carbocycles. The summed E-state index contributed by atoms with van der Waals surface area (Å²) in [5.74, 6) is 0. The van der Waals surface area contributed by atoms with Gasteiger partial charge in [-0.1, -0.05) is 6.58 Å². The first-order valence-corrected chi connectivity index (χ1v) is 5.66. The van der Waals surface area contributed by atoms with Gasteiger partial charge in [0.2, 0.25) is 0 Å². The van der Waals surface area contributed by atoms with Crippen LogP contribution in [0, 0.1) is 6.92 Å². The maximum Gasteiger partial charge on any atom is 0.0671 e. The Kier molecular flexibility index (Phi) is 3.70. The van der Waals surface area contributed by atoms with Gasteiger partial charge in [0.15, 0.2) is 0 Å². The zero-order chi connectivity index (χ0) is 11.4. The summed E-state index contributed by atoms with van der Waals surface area (Å²) >= 11 is 0. The molecular formula is C13H18N2O. The Morgan fingerprint density at radius 1 is 1.50 bits per heavy atom. The molecule has 2 rings (SSSR count). The van der Waals surface area contributed by atoms with E-state index in [1.807, 2.05) is 12.3 Å². The molecular weight excluding hydrogens is 200 g/mol. The Balaban J connectivity index is 1.97. The molecule has 1 aliphatic heterocycles. The lowest BCUT2D eigenvalue weighted by molar-refractivity contribution is 0.0444. The van der Waals surface area contributed by atoms with Gasteiger partial charge < -0.3 is 4.74 Å². The lowest BCUT2D eigenvalue weighted by atomic mass is 10.1. The number of rotatable bonds is 3. The molecule has 0 spiro atoms. The molecule has 3 heteroatoms. The molecule has 86 valence electrons. The Hall–Kier alpha value is -1.19. The lowest BCUT2D eigenvalue weighted by Gasteiger charge is -2.27. The van der Waals surface area contributed by atoms with E-state index in [0.29, 0.717) is 0 Å². The minimum Gasteiger partial charge on any atom is -0.379 e. The van der Waals surface area contributed by atoms with Crippen LogP contribution in [0.4, 0.5) is 0 Å². The summed E-state index contributed by atoms with van der Waals surface area (Å²) in [6.45, 7) is 10.7. The van der Waals surface area contributed by atoms with Gasteiger partial charge in [0.05, 0.1) is 18.9 Å². The second-order valence-corrected chi connectivity index (χ2v) is 4.21. The predicted molar refractivity (Wildman–Crippen MR) is 65.3 cm³/mol. The SMILES string of the molecule is C=C(CN1CCOCC1)c1cc(C)ccn1. The quantitative estimate of drug-likeness (QED) is 0.772. The highest BCUT2D eigenvalue weighted by atomic mass is 16.5. The Morgan fingerprint density at radius 3 is 2.94 bits per heavy atom. The zero-order valence-corrected chi connectivity index (χ0v) is 9.78. The third kappa shape index (κ3) is 2.90. The fourth-order valence-electron chi connectivity index (χ4n) is 1.84. The molecule has 16 heavy (non-hydrogen) atoms. The van der Waals surface area contributed by atoms with Crippen LogP contribution in [0.25, 0.3) is 5.57 Å². The summed E-state index contributed by atoms with van der Waals surface area (Å²) in [6, 6.07) is 4.09. The number of aryl methyl sites for hydroxylation is 1. The third-order valence-corrected chi connectivity index (χ3v) is 2.80. The molecule has 0 N–H and O–H groups in total. The molecule has 0 unspecified atom stereocenters. The van der Waals surface area contributed by atoms with E-state index in [1.165, 1.54) is 5.56 Å². The van der Waals surface area contributed by atoms with E-state index >= 15 is 0 Å². The molecule has 1 aromatic rings. The van der Waals surface area contributed by atoms with Crippen LogP contribution >= 0.6 is 0 Å². The van der Waals surface area contributed by atoms with E-state index in [-0.39, 0.29) is 0 Å². The van der Waals surface area contributed by atoms with E-state index in [0.717, 1.165) is 44.1 Å². The average molecular weight is 218 g/mol. The fraction of sp³-hybridized carbons (Fsp3) is 0.462. The van der Waals surface area contributed by atoms with Gasteiger partial charge >= 0.3 is 0 Å². The first-order chi connectivity index (χ1) is 7.75. The number of nitrogens with zero attached hydrogens (tertiary/aromatic N) is 2. The number of hydrogen-bond donors (Lipinski definition) is 0. The molecule has 2 heterocycles. The van der Waals surface area contributed by atoms with Gasteiger partial charge in [-0.15, -0.1) is 0 Å². The monoisotopic (exact) mass is 218 g/mol. The highest BCUT2D eigenvalue weighted by molar-refractivity contribution is 5.61. The zero-order valence-electron chi connectivity index (χ0n) is 9.78. The molecule has 0 saturated carbocycles. The highest BCUT2D eigenvalue weighted by Crippen LogP contribution is 2.13. The average Bonchev–Trinajstić information content (AvgIpc) is 2.30. The van der Waals surface area contributed by atoms with E-state index in [9.17, 15) is 0 Å². The molecule has 1 fully saturated rings. The van der Waals surface area contributed by atoms with Crippen LogP contribution in [-0.4, -0.2) is 42.7 Å². The van der Waals surface area contributed by atoms with Gasteiger partial charge in [-0.25, -0.2) is 0 Å². The van der Waals surface area contributed by atoms with Gasteiger partial charge in [0.25, 0.3) is 0 Å². The molecule has 3 nitrogen and oxygen atoms in total. The van der Waals surface area contributed by atoms with Crippen molar-refractivity contribution in [3.05, 3.63) is 36.2 Å². The lowest BCUT2D eigenvalue weighted by Crippen LogP contribution is -2.37. The van der Waals surface area contributed by atoms with Crippen molar-refractivity contribution in [2.75, 3.05) is 32.8 Å². The molecule has 0 bridgehead atoms. The minimum absolute atomic E-state index is 0.828. The summed E-state index contributed by atoms with van der Waals surface area (Å²) in [7, 11) is 0. The van der Waals surface area contributed by atoms with Crippen LogP contribution in [0.2, 0.25) is 0 Å². The van der Waals surface area contributed by atoms with Crippen molar-refractivity contribution in [3.8, 4) is 0 Å². The van der Waals surface area contributed by atoms with Crippen LogP contribution in [0.5, 0.6) is 0 Å². The van der Waals surface area contributed by atoms with Gasteiger partial charge in [-0.2, -0.15) is 0 Å². The molecule has 0 amide bonds. The summed E-state index contributed by atoms with van der Waals surface area (Å²) in [5.41, 5.74) is 3.32. The Morgan fingerprint density at radius 2 is 2.25 bits per heavy atom. The largest absolute Gasteiger partial charge is 0.379 e. The minimum atomic E-state index is 0.828. The maximum absolute atomic E-state index is 5.32. The topological polar surface area (TPSA) is 25.4 Å². The van der Waals surface area contributed by atoms with Crippen LogP contribution < -0.4 is 0 Å². The number of morpholine rings is 1. The summed E-state index contributed by atoms with van der Waals surface area (Å²) in [5, 5.41) is 0. The van der Waals surface area contributed by atoms with Crippen molar-refractivity contribution in [1.29, 1.82) is 0 Å². The molecule has 0 atom stereocenters. The first kappa shape index (κ1) is 11.3. The first-order valence-electron chi connectivity index (χ1n) is 5.66. The van der Waals surface area contributed by atoms with Crippen LogP contribution in [-0.2, 0) is 4.74 Å². The number of hydrogen-bond acceptors (Lipinski definition) is 3. The van der Waals surface area contributed by atoms with Crippen LogP contribution in [0.1, 0.15) is 11.3 Å². The Bertz CT molecular complexity index is 370. The summed E-state index contributed by atoms with van der Waals surface area (Å²) < 4.78 is 5.32. The fourth-order valence-corrected chi connectivity index (χ4v) is 1.84. The third-order valence-electron chi connectivity index (χ3n) is 2.80. The van der Waals surface area contributed by atoms with Crippen molar-refractivity contribution < 1.29 is 4.74 Å². The predicted octanol–water partition coefficient (Wildman–Crippen LogP) is 1.74. The second-order valence-electron chi connectivity index (χ2n) is 4.21. The van der Waals surface area contributed by atoms with E-state index in [4.69, 9.17) is 4.74 Å². The number of aromatic nitrogens is 1. The molecule has 0 aliphatic carbocycles.